The lowest BCUT2D eigenvalue weighted by molar-refractivity contribution is -0.146. The van der Waals surface area contributed by atoms with E-state index in [1.807, 2.05) is 43.3 Å². The number of aliphatic carboxylic acids is 2. The Morgan fingerprint density at radius 2 is 1.27 bits per heavy atom. The molecule has 3 rings (SSSR count). The van der Waals surface area contributed by atoms with Crippen LogP contribution in [0.2, 0.25) is 0 Å². The minimum atomic E-state index is -1.90. The number of hydrogen-bond donors (Lipinski definition) is 9. The average Bonchev–Trinajstić information content (AvgIpc) is 3.35. The van der Waals surface area contributed by atoms with Crippen molar-refractivity contribution >= 4 is 53.3 Å². The summed E-state index contributed by atoms with van der Waals surface area (Å²) < 4.78 is 5.83. The quantitative estimate of drug-likeness (QED) is 0.0913. The number of carboxylic acid groups (broad SMARTS) is 2. The zero-order chi connectivity index (χ0) is 56.3. The van der Waals surface area contributed by atoms with E-state index in [2.05, 4.69) is 38.5 Å². The number of benzene rings is 2. The number of nitrogens with zero attached hydrogens (tertiary/aromatic N) is 1. The first-order chi connectivity index (χ1) is 35.2. The molecule has 0 spiro atoms. The number of phenols is 1. The molecule has 0 saturated carbocycles. The van der Waals surface area contributed by atoms with E-state index in [1.54, 1.807) is 47.8 Å². The Kier molecular flexibility index (Phi) is 24.4. The summed E-state index contributed by atoms with van der Waals surface area (Å²) in [5.41, 5.74) is 1.83. The van der Waals surface area contributed by atoms with Crippen LogP contribution in [0.4, 0.5) is 0 Å². The fourth-order valence-corrected chi connectivity index (χ4v) is 8.34. The Morgan fingerprint density at radius 1 is 0.720 bits per heavy atom. The van der Waals surface area contributed by atoms with E-state index in [1.165, 1.54) is 51.2 Å². The van der Waals surface area contributed by atoms with Crippen LogP contribution in [0.3, 0.4) is 0 Å². The molecule has 20 heteroatoms. The lowest BCUT2D eigenvalue weighted by atomic mass is 9.94. The van der Waals surface area contributed by atoms with Gasteiger partial charge in [0.1, 0.15) is 41.7 Å². The highest BCUT2D eigenvalue weighted by Gasteiger charge is 2.38. The number of likely N-dealkylation sites (N-methyl/N-ethyl adjacent to an activating group) is 1. The van der Waals surface area contributed by atoms with Crippen LogP contribution in [-0.2, 0) is 60.7 Å². The van der Waals surface area contributed by atoms with Crippen molar-refractivity contribution in [2.75, 3.05) is 14.2 Å². The van der Waals surface area contributed by atoms with Gasteiger partial charge >= 0.3 is 11.9 Å². The number of nitrogens with one attached hydrogen (secondary N) is 6. The van der Waals surface area contributed by atoms with Crippen LogP contribution < -0.4 is 31.9 Å². The Bertz CT molecular complexity index is 2410. The monoisotopic (exact) mass is 1040 g/mol. The van der Waals surface area contributed by atoms with Gasteiger partial charge in [0.25, 0.3) is 5.91 Å². The first-order valence-electron chi connectivity index (χ1n) is 25.2. The van der Waals surface area contributed by atoms with Crippen LogP contribution in [0.25, 0.3) is 0 Å². The molecule has 0 aromatic heterocycles. The van der Waals surface area contributed by atoms with Gasteiger partial charge in [-0.15, -0.1) is 0 Å². The number of amides is 7. The van der Waals surface area contributed by atoms with Crippen LogP contribution in [0.5, 0.6) is 5.75 Å². The molecule has 2 aromatic carbocycles. The molecule has 410 valence electrons. The number of methoxy groups -OCH3 is 1. The van der Waals surface area contributed by atoms with E-state index < -0.39 is 120 Å². The SMILES string of the molecule is C=C1C(=O)N[C@H](CC(C)C)C(=O)N[C@@H](CC(C)C)C(=O)N[C@@H](C(=O)O)[C@H](C)C(=O)N[C@@H](Cc2ccc(O)cc2)C(=O)N[C@@H](/C=C/C(C)=C\[C@H](C)[C@H](Cc2ccccc2)OC)[C@H](C)C(=O)N[C@@H](C(=O)O)CCC(=O)N1C. The van der Waals surface area contributed by atoms with E-state index >= 15 is 0 Å². The Balaban J connectivity index is 2.18. The average molecular weight is 1040 g/mol. The second-order valence-electron chi connectivity index (χ2n) is 20.1. The number of rotatable bonds is 15. The van der Waals surface area contributed by atoms with Gasteiger partial charge in [0.2, 0.25) is 35.4 Å². The smallest absolute Gasteiger partial charge is 0.327 e. The molecule has 10 atom stereocenters. The van der Waals surface area contributed by atoms with Crippen molar-refractivity contribution in [2.45, 2.75) is 136 Å². The van der Waals surface area contributed by atoms with Gasteiger partial charge in [0, 0.05) is 32.9 Å². The second kappa shape index (κ2) is 29.5. The van der Waals surface area contributed by atoms with Gasteiger partial charge in [0.05, 0.1) is 24.0 Å². The molecular weight excluding hydrogens is 967 g/mol. The largest absolute Gasteiger partial charge is 0.508 e. The summed E-state index contributed by atoms with van der Waals surface area (Å²) in [5.74, 6) is -12.6. The van der Waals surface area contributed by atoms with Gasteiger partial charge in [-0.25, -0.2) is 9.59 Å². The van der Waals surface area contributed by atoms with E-state index in [0.717, 1.165) is 10.5 Å². The molecule has 0 bridgehead atoms. The van der Waals surface area contributed by atoms with Gasteiger partial charge in [-0.3, -0.25) is 33.6 Å². The fourth-order valence-electron chi connectivity index (χ4n) is 8.34. The zero-order valence-electron chi connectivity index (χ0n) is 44.7. The highest BCUT2D eigenvalue weighted by atomic mass is 16.5. The zero-order valence-corrected chi connectivity index (χ0v) is 44.7. The molecule has 7 amide bonds. The molecule has 1 fully saturated rings. The Morgan fingerprint density at radius 3 is 1.83 bits per heavy atom. The first-order valence-corrected chi connectivity index (χ1v) is 25.2. The minimum absolute atomic E-state index is 0.00463. The molecule has 9 N–H and O–H groups in total. The Labute approximate surface area is 439 Å². The summed E-state index contributed by atoms with van der Waals surface area (Å²) >= 11 is 0. The van der Waals surface area contributed by atoms with Crippen LogP contribution in [-0.4, -0.2) is 130 Å². The predicted molar refractivity (Wildman–Crippen MR) is 280 cm³/mol. The summed E-state index contributed by atoms with van der Waals surface area (Å²) in [7, 11) is 2.85. The lowest BCUT2D eigenvalue weighted by Gasteiger charge is -2.29. The van der Waals surface area contributed by atoms with E-state index in [4.69, 9.17) is 4.74 Å². The molecule has 1 aliphatic heterocycles. The van der Waals surface area contributed by atoms with Gasteiger partial charge in [-0.2, -0.15) is 0 Å². The summed E-state index contributed by atoms with van der Waals surface area (Å²) in [4.78, 5) is 124. The highest BCUT2D eigenvalue weighted by molar-refractivity contribution is 6.00. The molecule has 0 aliphatic carbocycles. The molecular formula is C55H77N7O13. The van der Waals surface area contributed by atoms with Gasteiger partial charge in [-0.1, -0.05) is 121 Å². The van der Waals surface area contributed by atoms with Crippen LogP contribution in [0, 0.1) is 29.6 Å². The van der Waals surface area contributed by atoms with Crippen molar-refractivity contribution < 1.29 is 63.2 Å². The Hall–Kier alpha value is -7.35. The van der Waals surface area contributed by atoms with Gasteiger partial charge in [-0.05, 0) is 67.7 Å². The van der Waals surface area contributed by atoms with Gasteiger partial charge in [0.15, 0.2) is 0 Å². The summed E-state index contributed by atoms with van der Waals surface area (Å²) in [5, 5.41) is 46.2. The van der Waals surface area contributed by atoms with Crippen molar-refractivity contribution in [1.82, 2.24) is 36.8 Å². The van der Waals surface area contributed by atoms with Gasteiger partial charge < -0.3 is 56.9 Å². The maximum atomic E-state index is 14.6. The number of allylic oxidation sites excluding steroid dienone is 2. The van der Waals surface area contributed by atoms with E-state index in [-0.39, 0.29) is 48.9 Å². The highest BCUT2D eigenvalue weighted by Crippen LogP contribution is 2.20. The summed E-state index contributed by atoms with van der Waals surface area (Å²) in [6.45, 7) is 17.3. The molecule has 0 unspecified atom stereocenters. The molecule has 2 aromatic rings. The van der Waals surface area contributed by atoms with Crippen LogP contribution >= 0.6 is 0 Å². The minimum Gasteiger partial charge on any atom is -0.508 e. The number of carbonyl (C=O) groups excluding carboxylic acids is 7. The van der Waals surface area contributed by atoms with Crippen molar-refractivity contribution in [3.8, 4) is 5.75 Å². The second-order valence-corrected chi connectivity index (χ2v) is 20.1. The molecule has 1 aliphatic rings. The maximum Gasteiger partial charge on any atom is 0.327 e. The summed E-state index contributed by atoms with van der Waals surface area (Å²) in [6.07, 6.45) is 4.46. The van der Waals surface area contributed by atoms with Crippen molar-refractivity contribution in [2.24, 2.45) is 29.6 Å². The number of aromatic hydroxyl groups is 1. The van der Waals surface area contributed by atoms with Crippen molar-refractivity contribution in [3.63, 3.8) is 0 Å². The van der Waals surface area contributed by atoms with E-state index in [9.17, 15) is 58.5 Å². The van der Waals surface area contributed by atoms with Crippen molar-refractivity contribution in [1.29, 1.82) is 0 Å². The number of hydrogen-bond acceptors (Lipinski definition) is 11. The number of carboxylic acids is 2. The third-order valence-electron chi connectivity index (χ3n) is 13.0. The number of phenolic OH excluding ortho intramolecular Hbond substituents is 1. The normalized spacial score (nSPS) is 24.7. The van der Waals surface area contributed by atoms with Crippen LogP contribution in [0.15, 0.2) is 90.7 Å². The molecule has 20 nitrogen and oxygen atoms in total. The molecule has 1 heterocycles. The third-order valence-corrected chi connectivity index (χ3v) is 13.0. The predicted octanol–water partition coefficient (Wildman–Crippen LogP) is 3.54. The molecule has 75 heavy (non-hydrogen) atoms. The topological polar surface area (TPSA) is 299 Å². The molecule has 1 saturated heterocycles. The standard InChI is InChI=1S/C55H77N7O13/c1-30(2)25-42-51(68)60-43(26-31(3)4)53(70)61-47(55(73)74)35(8)49(66)58-44(28-38-18-20-39(63)21-19-38)52(69)56-40(22-17-32(5)27-33(6)45(75-11)29-37-15-13-12-14-16-37)34(7)48(65)57-41(54(71)72)23-24-46(64)62(10)36(9)50(67)59-42/h12-22,27,30-31,33-35,40-45,47,63H,9,23-26,28-29H2,1-8,10-11H3,(H,56,69)(H,57,65)(H,58,66)(H,59,67)(H,60,68)(H,61,70)(H,71,72)(H,73,74)/b22-17+,32-27-/t33-,34-,35-,40-,41+,42+,43-,44-,45-,47+/m0/s1. The number of carbonyl (C=O) groups is 9. The number of ether oxygens (including phenoxy) is 1. The van der Waals surface area contributed by atoms with Crippen LogP contribution in [0.1, 0.15) is 92.2 Å². The van der Waals surface area contributed by atoms with Crippen molar-refractivity contribution in [3.05, 3.63) is 102 Å². The first kappa shape index (κ1) is 61.9. The maximum absolute atomic E-state index is 14.6. The summed E-state index contributed by atoms with van der Waals surface area (Å²) in [6, 6.07) is 6.66. The lowest BCUT2D eigenvalue weighted by Crippen LogP contribution is -2.59. The van der Waals surface area contributed by atoms with E-state index in [0.29, 0.717) is 17.6 Å². The fraction of sp³-hybridized carbons (Fsp3) is 0.509. The third kappa shape index (κ3) is 19.8. The molecule has 0 radical (unpaired) electrons.